The maximum Gasteiger partial charge on any atom is 0.407 e. The molecule has 12 heteroatoms. The summed E-state index contributed by atoms with van der Waals surface area (Å²) in [6.45, 7) is 11.5. The second-order valence-corrected chi connectivity index (χ2v) is 16.1. The van der Waals surface area contributed by atoms with E-state index in [0.29, 0.717) is 24.7 Å². The van der Waals surface area contributed by atoms with Gasteiger partial charge < -0.3 is 34.2 Å². The Morgan fingerprint density at radius 2 is 1.49 bits per heavy atom. The number of furan rings is 2. The molecule has 286 valence electrons. The van der Waals surface area contributed by atoms with Gasteiger partial charge in [-0.25, -0.2) is 14.8 Å². The van der Waals surface area contributed by atoms with E-state index in [-0.39, 0.29) is 35.7 Å². The number of carbonyl (C=O) groups excluding carboxylic acids is 3. The lowest BCUT2D eigenvalue weighted by molar-refractivity contribution is -0.135. The summed E-state index contributed by atoms with van der Waals surface area (Å²) in [5.74, 6) is 2.07. The zero-order valence-corrected chi connectivity index (χ0v) is 32.3. The molecule has 2 aromatic carbocycles. The number of aromatic amines is 2. The lowest BCUT2D eigenvalue weighted by Gasteiger charge is -2.30. The van der Waals surface area contributed by atoms with Crippen molar-refractivity contribution in [2.75, 3.05) is 20.2 Å². The van der Waals surface area contributed by atoms with Crippen molar-refractivity contribution >= 4 is 39.8 Å². The van der Waals surface area contributed by atoms with Crippen LogP contribution in [-0.2, 0) is 14.3 Å². The number of hydrogen-bond donors (Lipinski definition) is 3. The number of ether oxygens (including phenoxy) is 1. The van der Waals surface area contributed by atoms with Gasteiger partial charge in [0.2, 0.25) is 11.8 Å². The summed E-state index contributed by atoms with van der Waals surface area (Å²) in [4.78, 5) is 59.3. The fourth-order valence-corrected chi connectivity index (χ4v) is 8.55. The highest BCUT2D eigenvalue weighted by Crippen LogP contribution is 2.44. The number of likely N-dealkylation sites (tertiary alicyclic amines) is 2. The maximum absolute atomic E-state index is 13.8. The molecular formula is C43H49N7O5. The number of aromatic nitrogens is 4. The van der Waals surface area contributed by atoms with E-state index in [2.05, 4.69) is 72.5 Å². The smallest absolute Gasteiger partial charge is 0.407 e. The van der Waals surface area contributed by atoms with Gasteiger partial charge in [0, 0.05) is 35.8 Å². The molecule has 6 aromatic rings. The molecule has 55 heavy (non-hydrogen) atoms. The Bertz CT molecular complexity index is 2340. The normalized spacial score (nSPS) is 19.4. The van der Waals surface area contributed by atoms with Crippen molar-refractivity contribution in [1.82, 2.24) is 35.1 Å². The molecule has 6 heterocycles. The molecule has 4 unspecified atom stereocenters. The van der Waals surface area contributed by atoms with Crippen LogP contribution in [0.4, 0.5) is 4.79 Å². The van der Waals surface area contributed by atoms with Crippen LogP contribution in [0.15, 0.2) is 65.3 Å². The average Bonchev–Trinajstić information content (AvgIpc) is 4.03. The Morgan fingerprint density at radius 3 is 2.18 bits per heavy atom. The third-order valence-electron chi connectivity index (χ3n) is 11.3. The quantitative estimate of drug-likeness (QED) is 0.127. The van der Waals surface area contributed by atoms with Crippen molar-refractivity contribution in [3.05, 3.63) is 72.6 Å². The van der Waals surface area contributed by atoms with Gasteiger partial charge >= 0.3 is 6.09 Å². The summed E-state index contributed by atoms with van der Waals surface area (Å²) < 4.78 is 11.1. The third-order valence-corrected chi connectivity index (χ3v) is 11.3. The number of imidazole rings is 2. The average molecular weight is 744 g/mol. The lowest BCUT2D eigenvalue weighted by Crippen LogP contribution is -2.51. The predicted molar refractivity (Wildman–Crippen MR) is 211 cm³/mol. The Kier molecular flexibility index (Phi) is 9.60. The number of alkyl carbamates (subject to hydrolysis) is 1. The van der Waals surface area contributed by atoms with E-state index in [1.54, 1.807) is 0 Å². The van der Waals surface area contributed by atoms with Gasteiger partial charge in [-0.2, -0.15) is 0 Å². The zero-order chi connectivity index (χ0) is 38.5. The number of nitrogens with zero attached hydrogens (tertiary/aromatic N) is 4. The van der Waals surface area contributed by atoms with Crippen LogP contribution in [-0.4, -0.2) is 73.9 Å². The van der Waals surface area contributed by atoms with Crippen LogP contribution in [0.3, 0.4) is 0 Å². The molecule has 4 aromatic heterocycles. The first kappa shape index (κ1) is 36.3. The van der Waals surface area contributed by atoms with Crippen molar-refractivity contribution in [3.8, 4) is 33.6 Å². The van der Waals surface area contributed by atoms with Crippen LogP contribution in [0.1, 0.15) is 84.0 Å². The molecule has 0 aliphatic carbocycles. The van der Waals surface area contributed by atoms with E-state index in [1.165, 1.54) is 7.11 Å². The van der Waals surface area contributed by atoms with Crippen molar-refractivity contribution in [1.29, 1.82) is 0 Å². The van der Waals surface area contributed by atoms with E-state index in [9.17, 15) is 14.4 Å². The highest BCUT2D eigenvalue weighted by molar-refractivity contribution is 6.19. The number of rotatable bonds is 10. The lowest BCUT2D eigenvalue weighted by atomic mass is 9.93. The number of amides is 3. The topological polar surface area (TPSA) is 149 Å². The Labute approximate surface area is 320 Å². The van der Waals surface area contributed by atoms with Gasteiger partial charge in [-0.3, -0.25) is 9.59 Å². The van der Waals surface area contributed by atoms with Gasteiger partial charge in [0.25, 0.3) is 0 Å². The Morgan fingerprint density at radius 1 is 0.855 bits per heavy atom. The van der Waals surface area contributed by atoms with Gasteiger partial charge in [-0.1, -0.05) is 71.0 Å². The molecule has 2 fully saturated rings. The molecule has 2 aliphatic heterocycles. The summed E-state index contributed by atoms with van der Waals surface area (Å²) in [5.41, 5.74) is 7.49. The third kappa shape index (κ3) is 6.72. The molecule has 3 amide bonds. The summed E-state index contributed by atoms with van der Waals surface area (Å²) in [7, 11) is 1.30. The first-order chi connectivity index (χ1) is 26.5. The molecule has 12 nitrogen and oxygen atoms in total. The van der Waals surface area contributed by atoms with Crippen molar-refractivity contribution in [2.45, 2.75) is 78.4 Å². The van der Waals surface area contributed by atoms with Crippen LogP contribution in [0.2, 0.25) is 0 Å². The predicted octanol–water partition coefficient (Wildman–Crippen LogP) is 8.47. The van der Waals surface area contributed by atoms with Crippen LogP contribution in [0, 0.1) is 17.8 Å². The van der Waals surface area contributed by atoms with Crippen molar-refractivity contribution in [2.24, 2.45) is 17.8 Å². The molecule has 0 saturated carbocycles. The number of benzene rings is 3. The highest BCUT2D eigenvalue weighted by atomic mass is 16.5. The van der Waals surface area contributed by atoms with E-state index in [1.807, 2.05) is 48.2 Å². The van der Waals surface area contributed by atoms with E-state index in [4.69, 9.17) is 19.1 Å². The standard InChI is InChI=1S/C43H49N7O5/c1-23(2)18-36(51)49-17-7-8-32(49)40-44-20-30(46-40)27-11-9-26(10-12-27)28-13-14-29(38-35-16-15-34(55-35)37(28)38)31-21-45-41(47-31)33-19-25(5)22-50(33)42(52)39(24(3)4)48-43(53)54-6/h9-16,20-21,23-25,32-33,39H,7-8,17-19,22H2,1-6H3,(H,44,46)(H,45,47)(H,48,53). The number of methoxy groups -OCH3 is 1. The fourth-order valence-electron chi connectivity index (χ4n) is 8.55. The minimum atomic E-state index is -0.710. The molecule has 4 atom stereocenters. The monoisotopic (exact) mass is 743 g/mol. The number of nitrogens with one attached hydrogen (secondary N) is 3. The largest absolute Gasteiger partial charge is 0.456 e. The van der Waals surface area contributed by atoms with Crippen molar-refractivity contribution < 1.29 is 23.5 Å². The molecule has 2 aliphatic rings. The van der Waals surface area contributed by atoms with Crippen molar-refractivity contribution in [3.63, 3.8) is 0 Å². The molecule has 0 radical (unpaired) electrons. The molecule has 3 N–H and O–H groups in total. The minimum absolute atomic E-state index is 0.0138. The van der Waals surface area contributed by atoms with Crippen LogP contribution < -0.4 is 5.32 Å². The highest BCUT2D eigenvalue weighted by Gasteiger charge is 2.40. The van der Waals surface area contributed by atoms with Gasteiger partial charge in [0.1, 0.15) is 28.9 Å². The van der Waals surface area contributed by atoms with E-state index < -0.39 is 12.1 Å². The summed E-state index contributed by atoms with van der Waals surface area (Å²) in [6, 6.07) is 15.7. The van der Waals surface area contributed by atoms with Gasteiger partial charge in [0.15, 0.2) is 0 Å². The van der Waals surface area contributed by atoms with Gasteiger partial charge in [-0.15, -0.1) is 0 Å². The van der Waals surface area contributed by atoms with Crippen LogP contribution in [0.5, 0.6) is 0 Å². The molecular weight excluding hydrogens is 695 g/mol. The summed E-state index contributed by atoms with van der Waals surface area (Å²) >= 11 is 0. The maximum atomic E-state index is 13.8. The number of fused-ring (bicyclic) bond motifs is 5. The number of hydrogen-bond acceptors (Lipinski definition) is 7. The van der Waals surface area contributed by atoms with Crippen LogP contribution >= 0.6 is 0 Å². The summed E-state index contributed by atoms with van der Waals surface area (Å²) in [5, 5.41) is 4.78. The second kappa shape index (κ2) is 14.5. The summed E-state index contributed by atoms with van der Waals surface area (Å²) in [6.07, 6.45) is 6.28. The fraction of sp³-hybridized carbons (Fsp3) is 0.419. The van der Waals surface area contributed by atoms with Gasteiger partial charge in [0.05, 0.1) is 43.0 Å². The second-order valence-electron chi connectivity index (χ2n) is 16.1. The zero-order valence-electron chi connectivity index (χ0n) is 32.3. The number of carbonyl (C=O) groups is 3. The van der Waals surface area contributed by atoms with E-state index >= 15 is 0 Å². The molecule has 0 spiro atoms. The number of H-pyrrole nitrogens is 2. The molecule has 2 saturated heterocycles. The molecule has 8 rings (SSSR count). The Hall–Kier alpha value is -5.65. The Balaban J connectivity index is 1.05. The SMILES string of the molecule is COC(=O)NC(C(=O)N1CC(C)CC1c1ncc(-c2ccc(-c3ccc(-c4cnc(C5CCCN5C(=O)CC(C)C)[nH]4)cc3)c3c4ccc(o4)c23)[nH]1)C(C)C. The first-order valence-electron chi connectivity index (χ1n) is 19.4. The molecule has 2 bridgehead atoms. The van der Waals surface area contributed by atoms with Crippen LogP contribution in [0.25, 0.3) is 55.6 Å². The van der Waals surface area contributed by atoms with E-state index in [0.717, 1.165) is 87.2 Å². The first-order valence-corrected chi connectivity index (χ1v) is 19.4. The minimum Gasteiger partial charge on any atom is -0.456 e. The van der Waals surface area contributed by atoms with Gasteiger partial charge in [-0.05, 0) is 65.8 Å².